The average Bonchev–Trinajstić information content (AvgIpc) is 2.96. The van der Waals surface area contributed by atoms with E-state index in [9.17, 15) is 9.90 Å². The molecule has 0 unspecified atom stereocenters. The Balaban J connectivity index is 2.07. The fourth-order valence-corrected chi connectivity index (χ4v) is 3.87. The minimum Gasteiger partial charge on any atom is -0.508 e. The van der Waals surface area contributed by atoms with Gasteiger partial charge < -0.3 is 5.11 Å². The summed E-state index contributed by atoms with van der Waals surface area (Å²) in [5.74, 6) is 0.699. The Morgan fingerprint density at radius 1 is 1.12 bits per heavy atom. The Kier molecular flexibility index (Phi) is 3.74. The van der Waals surface area contributed by atoms with Gasteiger partial charge >= 0.3 is 0 Å². The fourth-order valence-electron chi connectivity index (χ4n) is 2.75. The summed E-state index contributed by atoms with van der Waals surface area (Å²) in [5, 5.41) is 11.3. The number of benzene rings is 2. The Labute approximate surface area is 152 Å². The molecule has 2 aromatic heterocycles. The smallest absolute Gasteiger partial charge is 0.267 e. The predicted octanol–water partition coefficient (Wildman–Crippen LogP) is 4.48. The Morgan fingerprint density at radius 2 is 1.92 bits per heavy atom. The lowest BCUT2D eigenvalue weighted by atomic mass is 10.1. The average molecular weight is 372 g/mol. The van der Waals surface area contributed by atoms with E-state index in [0.29, 0.717) is 26.9 Å². The molecule has 0 amide bonds. The molecule has 5 nitrogen and oxygen atoms in total. The van der Waals surface area contributed by atoms with E-state index in [1.54, 1.807) is 22.8 Å². The van der Waals surface area contributed by atoms with Crippen molar-refractivity contribution in [3.8, 4) is 10.9 Å². The van der Waals surface area contributed by atoms with E-state index in [4.69, 9.17) is 11.6 Å². The number of halogens is 1. The first-order chi connectivity index (χ1) is 11.9. The van der Waals surface area contributed by atoms with Crippen LogP contribution in [0.3, 0.4) is 0 Å². The molecule has 4 rings (SSSR count). The molecule has 126 valence electrons. The minimum absolute atomic E-state index is 0.00930. The standard InChI is InChI=1S/C18H14ClN3O2S/c1-9(2)16-20-13-8-11(23)4-5-12(13)17(24)22(16)18-21-14-7-10(19)3-6-15(14)25-18/h3-9,23H,1-2H3. The van der Waals surface area contributed by atoms with Gasteiger partial charge in [0.1, 0.15) is 11.6 Å². The molecule has 0 saturated carbocycles. The van der Waals surface area contributed by atoms with Gasteiger partial charge in [0, 0.05) is 17.0 Å². The van der Waals surface area contributed by atoms with Crippen molar-refractivity contribution in [2.75, 3.05) is 0 Å². The summed E-state index contributed by atoms with van der Waals surface area (Å²) in [6.45, 7) is 3.94. The maximum atomic E-state index is 13.1. The molecule has 2 aromatic carbocycles. The van der Waals surface area contributed by atoms with Crippen molar-refractivity contribution in [3.63, 3.8) is 0 Å². The predicted molar refractivity (Wildman–Crippen MR) is 101 cm³/mol. The lowest BCUT2D eigenvalue weighted by molar-refractivity contribution is 0.476. The number of nitrogens with zero attached hydrogens (tertiary/aromatic N) is 3. The zero-order valence-electron chi connectivity index (χ0n) is 13.5. The van der Waals surface area contributed by atoms with Gasteiger partial charge in [-0.1, -0.05) is 36.8 Å². The number of phenolic OH excluding ortho intramolecular Hbond substituents is 1. The second kappa shape index (κ2) is 5.82. The fraction of sp³-hybridized carbons (Fsp3) is 0.167. The van der Waals surface area contributed by atoms with Crippen molar-refractivity contribution in [1.82, 2.24) is 14.5 Å². The summed E-state index contributed by atoms with van der Waals surface area (Å²) in [6.07, 6.45) is 0. The number of fused-ring (bicyclic) bond motifs is 2. The molecule has 0 spiro atoms. The van der Waals surface area contributed by atoms with Crippen molar-refractivity contribution < 1.29 is 5.11 Å². The van der Waals surface area contributed by atoms with E-state index in [2.05, 4.69) is 9.97 Å². The molecule has 0 radical (unpaired) electrons. The summed E-state index contributed by atoms with van der Waals surface area (Å²) >= 11 is 7.46. The summed E-state index contributed by atoms with van der Waals surface area (Å²) in [5.41, 5.74) is 1.04. The second-order valence-corrected chi connectivity index (χ2v) is 7.52. The molecule has 0 saturated heterocycles. The molecule has 0 fully saturated rings. The van der Waals surface area contributed by atoms with E-state index in [1.165, 1.54) is 23.5 Å². The van der Waals surface area contributed by atoms with Crippen LogP contribution in [0.2, 0.25) is 5.02 Å². The molecule has 1 N–H and O–H groups in total. The molecule has 0 bridgehead atoms. The third kappa shape index (κ3) is 2.67. The summed E-state index contributed by atoms with van der Waals surface area (Å²) in [4.78, 5) is 22.3. The van der Waals surface area contributed by atoms with E-state index < -0.39 is 0 Å². The maximum absolute atomic E-state index is 13.1. The molecule has 4 aromatic rings. The monoisotopic (exact) mass is 371 g/mol. The van der Waals surface area contributed by atoms with Crippen molar-refractivity contribution in [2.24, 2.45) is 0 Å². The van der Waals surface area contributed by atoms with Crippen molar-refractivity contribution in [3.05, 3.63) is 57.6 Å². The molecule has 7 heteroatoms. The van der Waals surface area contributed by atoms with Gasteiger partial charge in [0.15, 0.2) is 5.13 Å². The van der Waals surface area contributed by atoms with Gasteiger partial charge in [-0.3, -0.25) is 4.79 Å². The van der Waals surface area contributed by atoms with Gasteiger partial charge in [-0.05, 0) is 30.3 Å². The first-order valence-electron chi connectivity index (χ1n) is 7.76. The van der Waals surface area contributed by atoms with Crippen LogP contribution in [0.4, 0.5) is 0 Å². The van der Waals surface area contributed by atoms with Crippen LogP contribution in [0.5, 0.6) is 5.75 Å². The Bertz CT molecular complexity index is 1180. The Morgan fingerprint density at radius 3 is 2.68 bits per heavy atom. The number of thiazole rings is 1. The number of aromatic nitrogens is 3. The van der Waals surface area contributed by atoms with Crippen LogP contribution in [-0.2, 0) is 0 Å². The maximum Gasteiger partial charge on any atom is 0.267 e. The molecule has 0 aliphatic rings. The largest absolute Gasteiger partial charge is 0.508 e. The number of aromatic hydroxyl groups is 1. The lowest BCUT2D eigenvalue weighted by Crippen LogP contribution is -2.24. The Hall–Kier alpha value is -2.44. The molecular formula is C18H14ClN3O2S. The molecular weight excluding hydrogens is 358 g/mol. The summed E-state index contributed by atoms with van der Waals surface area (Å²) in [6, 6.07) is 10.1. The van der Waals surface area contributed by atoms with Crippen molar-refractivity contribution >= 4 is 44.1 Å². The second-order valence-electron chi connectivity index (χ2n) is 6.08. The molecule has 25 heavy (non-hydrogen) atoms. The van der Waals surface area contributed by atoms with Crippen LogP contribution in [0.1, 0.15) is 25.6 Å². The van der Waals surface area contributed by atoms with Gasteiger partial charge in [-0.25, -0.2) is 14.5 Å². The van der Waals surface area contributed by atoms with Crippen LogP contribution >= 0.6 is 22.9 Å². The molecule has 0 aliphatic heterocycles. The molecule has 0 aliphatic carbocycles. The minimum atomic E-state index is -0.196. The third-order valence-electron chi connectivity index (χ3n) is 3.92. The highest BCUT2D eigenvalue weighted by atomic mass is 35.5. The number of phenols is 1. The first kappa shape index (κ1) is 16.1. The van der Waals surface area contributed by atoms with Crippen LogP contribution < -0.4 is 5.56 Å². The van der Waals surface area contributed by atoms with Crippen LogP contribution in [0.25, 0.3) is 26.3 Å². The topological polar surface area (TPSA) is 68.0 Å². The lowest BCUT2D eigenvalue weighted by Gasteiger charge is -2.13. The van der Waals surface area contributed by atoms with Gasteiger partial charge in [-0.15, -0.1) is 0 Å². The molecule has 0 atom stereocenters. The zero-order valence-corrected chi connectivity index (χ0v) is 15.1. The third-order valence-corrected chi connectivity index (χ3v) is 5.18. The SMILES string of the molecule is CC(C)c1nc2cc(O)ccc2c(=O)n1-c1nc2cc(Cl)ccc2s1. The number of hydrogen-bond donors (Lipinski definition) is 1. The van der Waals surface area contributed by atoms with Crippen molar-refractivity contribution in [2.45, 2.75) is 19.8 Å². The summed E-state index contributed by atoms with van der Waals surface area (Å²) < 4.78 is 2.51. The van der Waals surface area contributed by atoms with Crippen molar-refractivity contribution in [1.29, 1.82) is 0 Å². The highest BCUT2D eigenvalue weighted by Gasteiger charge is 2.18. The normalized spacial score (nSPS) is 11.7. The van der Waals surface area contributed by atoms with Gasteiger partial charge in [-0.2, -0.15) is 0 Å². The van der Waals surface area contributed by atoms with Crippen LogP contribution in [0, 0.1) is 0 Å². The highest BCUT2D eigenvalue weighted by Crippen LogP contribution is 2.29. The van der Waals surface area contributed by atoms with Gasteiger partial charge in [0.05, 0.1) is 21.1 Å². The van der Waals surface area contributed by atoms with Gasteiger partial charge in [0.25, 0.3) is 5.56 Å². The first-order valence-corrected chi connectivity index (χ1v) is 8.95. The van der Waals surface area contributed by atoms with E-state index >= 15 is 0 Å². The van der Waals surface area contributed by atoms with E-state index in [1.807, 2.05) is 19.9 Å². The van der Waals surface area contributed by atoms with Crippen LogP contribution in [-0.4, -0.2) is 19.6 Å². The van der Waals surface area contributed by atoms with Crippen LogP contribution in [0.15, 0.2) is 41.2 Å². The highest BCUT2D eigenvalue weighted by molar-refractivity contribution is 7.20. The van der Waals surface area contributed by atoms with Gasteiger partial charge in [0.2, 0.25) is 0 Å². The zero-order chi connectivity index (χ0) is 17.7. The summed E-state index contributed by atoms with van der Waals surface area (Å²) in [7, 11) is 0. The quantitative estimate of drug-likeness (QED) is 0.564. The van der Waals surface area contributed by atoms with E-state index in [-0.39, 0.29) is 17.2 Å². The number of rotatable bonds is 2. The molecule has 2 heterocycles. The number of hydrogen-bond acceptors (Lipinski definition) is 5. The van der Waals surface area contributed by atoms with E-state index in [0.717, 1.165) is 10.2 Å².